The molecule has 4 heteroatoms. The van der Waals surface area contributed by atoms with Gasteiger partial charge in [-0.05, 0) is 47.1 Å². The zero-order valence-corrected chi connectivity index (χ0v) is 17.3. The molecule has 146 valence electrons. The molecule has 0 aliphatic carbocycles. The molecule has 0 spiro atoms. The summed E-state index contributed by atoms with van der Waals surface area (Å²) >= 11 is 0. The maximum atomic E-state index is 12.7. The minimum Gasteiger partial charge on any atom is -0.507 e. The number of anilines is 1. The SMILES string of the molecule is CC(C)(C)c1cc(C(=O)NCCc2ccc(N)cc2)cc(C(C)(C)C)c1O. The Morgan fingerprint density at radius 3 is 1.89 bits per heavy atom. The molecule has 0 fully saturated rings. The van der Waals surface area contributed by atoms with Crippen LogP contribution >= 0.6 is 0 Å². The summed E-state index contributed by atoms with van der Waals surface area (Å²) in [7, 11) is 0. The fraction of sp³-hybridized carbons (Fsp3) is 0.435. The van der Waals surface area contributed by atoms with Gasteiger partial charge < -0.3 is 16.2 Å². The monoisotopic (exact) mass is 368 g/mol. The van der Waals surface area contributed by atoms with Gasteiger partial charge in [0.25, 0.3) is 5.91 Å². The van der Waals surface area contributed by atoms with Gasteiger partial charge >= 0.3 is 0 Å². The molecule has 0 heterocycles. The second kappa shape index (κ2) is 7.63. The van der Waals surface area contributed by atoms with Crippen LogP contribution in [0.15, 0.2) is 36.4 Å². The van der Waals surface area contributed by atoms with Crippen LogP contribution in [-0.2, 0) is 17.3 Å². The van der Waals surface area contributed by atoms with Crippen molar-refractivity contribution in [1.29, 1.82) is 0 Å². The highest BCUT2D eigenvalue weighted by Crippen LogP contribution is 2.39. The Bertz CT molecular complexity index is 775. The van der Waals surface area contributed by atoms with Crippen LogP contribution in [0.4, 0.5) is 5.69 Å². The van der Waals surface area contributed by atoms with E-state index in [4.69, 9.17) is 5.73 Å². The molecule has 0 saturated carbocycles. The summed E-state index contributed by atoms with van der Waals surface area (Å²) in [5.41, 5.74) is 9.20. The molecule has 2 rings (SSSR count). The lowest BCUT2D eigenvalue weighted by atomic mass is 9.78. The first-order valence-corrected chi connectivity index (χ1v) is 9.40. The van der Waals surface area contributed by atoms with Crippen molar-refractivity contribution in [3.63, 3.8) is 0 Å². The van der Waals surface area contributed by atoms with E-state index >= 15 is 0 Å². The summed E-state index contributed by atoms with van der Waals surface area (Å²) in [6.07, 6.45) is 0.738. The van der Waals surface area contributed by atoms with Crippen molar-refractivity contribution in [3.8, 4) is 5.75 Å². The van der Waals surface area contributed by atoms with Crippen LogP contribution < -0.4 is 11.1 Å². The maximum absolute atomic E-state index is 12.7. The van der Waals surface area contributed by atoms with E-state index in [1.165, 1.54) is 0 Å². The molecule has 0 saturated heterocycles. The second-order valence-corrected chi connectivity index (χ2v) is 9.17. The van der Waals surface area contributed by atoms with Gasteiger partial charge in [0.15, 0.2) is 0 Å². The Morgan fingerprint density at radius 1 is 0.963 bits per heavy atom. The van der Waals surface area contributed by atoms with E-state index in [1.54, 1.807) is 0 Å². The molecule has 0 unspecified atom stereocenters. The second-order valence-electron chi connectivity index (χ2n) is 9.17. The molecule has 27 heavy (non-hydrogen) atoms. The third kappa shape index (κ3) is 5.25. The molecule has 0 radical (unpaired) electrons. The van der Waals surface area contributed by atoms with Gasteiger partial charge in [-0.25, -0.2) is 0 Å². The summed E-state index contributed by atoms with van der Waals surface area (Å²) in [4.78, 5) is 12.7. The third-order valence-electron chi connectivity index (χ3n) is 4.67. The van der Waals surface area contributed by atoms with E-state index in [-0.39, 0.29) is 22.5 Å². The molecule has 0 aromatic heterocycles. The molecule has 4 nitrogen and oxygen atoms in total. The van der Waals surface area contributed by atoms with Gasteiger partial charge in [-0.1, -0.05) is 53.7 Å². The minimum atomic E-state index is -0.260. The zero-order valence-electron chi connectivity index (χ0n) is 17.3. The van der Waals surface area contributed by atoms with Crippen molar-refractivity contribution in [2.75, 3.05) is 12.3 Å². The summed E-state index contributed by atoms with van der Waals surface area (Å²) in [6.45, 7) is 12.8. The number of phenolic OH excluding ortho intramolecular Hbond substituents is 1. The van der Waals surface area contributed by atoms with Crippen molar-refractivity contribution in [3.05, 3.63) is 58.7 Å². The number of amides is 1. The van der Waals surface area contributed by atoms with E-state index in [9.17, 15) is 9.90 Å². The minimum absolute atomic E-state index is 0.124. The Balaban J connectivity index is 2.23. The fourth-order valence-electron chi connectivity index (χ4n) is 3.02. The van der Waals surface area contributed by atoms with E-state index in [2.05, 4.69) is 5.32 Å². The average molecular weight is 369 g/mol. The molecular formula is C23H32N2O2. The third-order valence-corrected chi connectivity index (χ3v) is 4.67. The molecule has 2 aromatic rings. The van der Waals surface area contributed by atoms with Gasteiger partial charge in [0, 0.05) is 28.9 Å². The Kier molecular flexibility index (Phi) is 5.88. The van der Waals surface area contributed by atoms with Gasteiger partial charge in [0.05, 0.1) is 0 Å². The lowest BCUT2D eigenvalue weighted by molar-refractivity contribution is 0.0954. The predicted molar refractivity (Wildman–Crippen MR) is 112 cm³/mol. The Hall–Kier alpha value is -2.49. The molecule has 0 atom stereocenters. The van der Waals surface area contributed by atoms with Crippen LogP contribution in [0, 0.1) is 0 Å². The Morgan fingerprint density at radius 2 is 1.44 bits per heavy atom. The molecular weight excluding hydrogens is 336 g/mol. The van der Waals surface area contributed by atoms with Crippen molar-refractivity contribution >= 4 is 11.6 Å². The number of aromatic hydroxyl groups is 1. The van der Waals surface area contributed by atoms with E-state index in [1.807, 2.05) is 77.9 Å². The first-order valence-electron chi connectivity index (χ1n) is 9.40. The number of phenols is 1. The quantitative estimate of drug-likeness (QED) is 0.694. The van der Waals surface area contributed by atoms with Crippen molar-refractivity contribution < 1.29 is 9.90 Å². The number of carbonyl (C=O) groups excluding carboxylic acids is 1. The van der Waals surface area contributed by atoms with Gasteiger partial charge in [-0.15, -0.1) is 0 Å². The summed E-state index contributed by atoms with van der Waals surface area (Å²) < 4.78 is 0. The van der Waals surface area contributed by atoms with Crippen LogP contribution in [0.3, 0.4) is 0 Å². The van der Waals surface area contributed by atoms with Crippen molar-refractivity contribution in [1.82, 2.24) is 5.32 Å². The number of rotatable bonds is 4. The molecule has 1 amide bonds. The smallest absolute Gasteiger partial charge is 0.251 e. The lowest BCUT2D eigenvalue weighted by Crippen LogP contribution is -2.27. The topological polar surface area (TPSA) is 75.4 Å². The van der Waals surface area contributed by atoms with Crippen molar-refractivity contribution in [2.24, 2.45) is 0 Å². The van der Waals surface area contributed by atoms with Gasteiger partial charge in [-0.2, -0.15) is 0 Å². The van der Waals surface area contributed by atoms with E-state index < -0.39 is 0 Å². The zero-order chi connectivity index (χ0) is 20.4. The van der Waals surface area contributed by atoms with Gasteiger partial charge in [0.2, 0.25) is 0 Å². The summed E-state index contributed by atoms with van der Waals surface area (Å²) in [5.74, 6) is 0.162. The summed E-state index contributed by atoms with van der Waals surface area (Å²) in [5, 5.41) is 13.8. The number of nitrogen functional groups attached to an aromatic ring is 1. The number of benzene rings is 2. The first-order chi connectivity index (χ1) is 12.4. The highest BCUT2D eigenvalue weighted by atomic mass is 16.3. The Labute approximate surface area is 162 Å². The molecule has 0 aliphatic heterocycles. The van der Waals surface area contributed by atoms with Crippen LogP contribution in [0.5, 0.6) is 5.75 Å². The number of nitrogens with two attached hydrogens (primary N) is 1. The lowest BCUT2D eigenvalue weighted by Gasteiger charge is -2.28. The fourth-order valence-corrected chi connectivity index (χ4v) is 3.02. The van der Waals surface area contributed by atoms with E-state index in [0.29, 0.717) is 12.1 Å². The standard InChI is InChI=1S/C23H32N2O2/c1-22(2,3)18-13-16(14-19(20(18)26)23(4,5)6)21(27)25-12-11-15-7-9-17(24)10-8-15/h7-10,13-14,26H,11-12,24H2,1-6H3,(H,25,27). The largest absolute Gasteiger partial charge is 0.507 e. The number of carbonyl (C=O) groups is 1. The summed E-state index contributed by atoms with van der Waals surface area (Å²) in [6, 6.07) is 11.3. The van der Waals surface area contributed by atoms with Crippen LogP contribution in [-0.4, -0.2) is 17.6 Å². The number of hydrogen-bond donors (Lipinski definition) is 3. The predicted octanol–water partition coefficient (Wildman–Crippen LogP) is 4.54. The van der Waals surface area contributed by atoms with Gasteiger partial charge in [0.1, 0.15) is 5.75 Å². The number of nitrogens with one attached hydrogen (secondary N) is 1. The number of hydrogen-bond acceptors (Lipinski definition) is 3. The van der Waals surface area contributed by atoms with Crippen LogP contribution in [0.25, 0.3) is 0 Å². The van der Waals surface area contributed by atoms with Gasteiger partial charge in [-0.3, -0.25) is 4.79 Å². The highest BCUT2D eigenvalue weighted by molar-refractivity contribution is 5.95. The molecule has 2 aromatic carbocycles. The molecule has 0 bridgehead atoms. The van der Waals surface area contributed by atoms with Crippen LogP contribution in [0.1, 0.15) is 68.6 Å². The van der Waals surface area contributed by atoms with E-state index in [0.717, 1.165) is 28.8 Å². The molecule has 4 N–H and O–H groups in total. The normalized spacial score (nSPS) is 12.1. The highest BCUT2D eigenvalue weighted by Gasteiger charge is 2.27. The van der Waals surface area contributed by atoms with Crippen molar-refractivity contribution in [2.45, 2.75) is 58.8 Å². The first kappa shape index (κ1) is 20.8. The maximum Gasteiger partial charge on any atom is 0.251 e. The van der Waals surface area contributed by atoms with Crippen LogP contribution in [0.2, 0.25) is 0 Å². The average Bonchev–Trinajstić information content (AvgIpc) is 2.54. The molecule has 0 aliphatic rings.